The van der Waals surface area contributed by atoms with Crippen molar-refractivity contribution in [2.24, 2.45) is 5.41 Å². The van der Waals surface area contributed by atoms with Crippen molar-refractivity contribution in [3.05, 3.63) is 24.6 Å². The monoisotopic (exact) mass is 229 g/mol. The molecule has 0 saturated carbocycles. The van der Waals surface area contributed by atoms with E-state index in [1.165, 1.54) is 6.39 Å². The van der Waals surface area contributed by atoms with Crippen molar-refractivity contribution in [2.75, 3.05) is 18.5 Å². The van der Waals surface area contributed by atoms with Gasteiger partial charge in [0.15, 0.2) is 12.0 Å². The van der Waals surface area contributed by atoms with Crippen molar-refractivity contribution in [2.45, 2.75) is 13.8 Å². The molecule has 1 aromatic heterocycles. The fraction of sp³-hybridized carbons (Fsp3) is 0.385. The van der Waals surface area contributed by atoms with Crippen LogP contribution in [0.4, 0.5) is 5.69 Å². The van der Waals surface area contributed by atoms with Gasteiger partial charge in [0, 0.05) is 25.3 Å². The van der Waals surface area contributed by atoms with E-state index in [-0.39, 0.29) is 5.41 Å². The van der Waals surface area contributed by atoms with E-state index in [0.29, 0.717) is 6.54 Å². The molecular weight excluding hydrogens is 214 g/mol. The maximum atomic E-state index is 9.02. The zero-order valence-electron chi connectivity index (χ0n) is 10.3. The van der Waals surface area contributed by atoms with Crippen LogP contribution in [-0.4, -0.2) is 18.6 Å². The molecule has 0 saturated heterocycles. The minimum Gasteiger partial charge on any atom is -0.443 e. The first kappa shape index (κ1) is 11.5. The smallest absolute Gasteiger partial charge is 0.181 e. The molecule has 2 rings (SSSR count). The molecule has 2 aromatic rings. The van der Waals surface area contributed by atoms with Gasteiger partial charge in [0.25, 0.3) is 0 Å². The van der Waals surface area contributed by atoms with E-state index in [9.17, 15) is 0 Å². The summed E-state index contributed by atoms with van der Waals surface area (Å²) in [5.74, 6) is 0. The van der Waals surface area contributed by atoms with Gasteiger partial charge in [0.05, 0.1) is 11.5 Å². The lowest BCUT2D eigenvalue weighted by molar-refractivity contribution is 0.497. The number of aromatic nitrogens is 1. The molecule has 1 heterocycles. The maximum Gasteiger partial charge on any atom is 0.181 e. The normalized spacial score (nSPS) is 11.4. The molecule has 0 amide bonds. The fourth-order valence-corrected chi connectivity index (χ4v) is 1.80. The topological polar surface area (TPSA) is 53.1 Å². The number of anilines is 1. The van der Waals surface area contributed by atoms with Crippen LogP contribution in [0.3, 0.4) is 0 Å². The van der Waals surface area contributed by atoms with Gasteiger partial charge in [-0.1, -0.05) is 0 Å². The lowest BCUT2D eigenvalue weighted by Gasteiger charge is -2.26. The Bertz CT molecular complexity index is 565. The molecule has 1 aromatic carbocycles. The molecule has 0 N–H and O–H groups in total. The second kappa shape index (κ2) is 4.10. The Morgan fingerprint density at radius 1 is 1.47 bits per heavy atom. The Hall–Kier alpha value is -2.02. The molecule has 0 aliphatic carbocycles. The van der Waals surface area contributed by atoms with E-state index < -0.39 is 0 Å². The fourth-order valence-electron chi connectivity index (χ4n) is 1.80. The third-order valence-electron chi connectivity index (χ3n) is 2.69. The molecular formula is C13H15N3O. The quantitative estimate of drug-likeness (QED) is 0.812. The van der Waals surface area contributed by atoms with Crippen LogP contribution >= 0.6 is 0 Å². The van der Waals surface area contributed by atoms with Gasteiger partial charge >= 0.3 is 0 Å². The molecule has 0 aliphatic rings. The first-order chi connectivity index (χ1) is 8.02. The van der Waals surface area contributed by atoms with Gasteiger partial charge in [-0.15, -0.1) is 0 Å². The summed E-state index contributed by atoms with van der Waals surface area (Å²) in [6.45, 7) is 4.52. The van der Waals surface area contributed by atoms with E-state index in [1.54, 1.807) is 0 Å². The minimum absolute atomic E-state index is 0.370. The van der Waals surface area contributed by atoms with Crippen molar-refractivity contribution in [1.82, 2.24) is 4.98 Å². The van der Waals surface area contributed by atoms with Crippen molar-refractivity contribution >= 4 is 16.8 Å². The average Bonchev–Trinajstić information content (AvgIpc) is 2.75. The van der Waals surface area contributed by atoms with Crippen LogP contribution in [0.5, 0.6) is 0 Å². The summed E-state index contributed by atoms with van der Waals surface area (Å²) < 4.78 is 5.26. The molecule has 17 heavy (non-hydrogen) atoms. The largest absolute Gasteiger partial charge is 0.443 e. The highest BCUT2D eigenvalue weighted by molar-refractivity contribution is 5.77. The molecule has 0 fully saturated rings. The molecule has 4 nitrogen and oxygen atoms in total. The minimum atomic E-state index is -0.370. The van der Waals surface area contributed by atoms with Gasteiger partial charge in [-0.3, -0.25) is 0 Å². The van der Waals surface area contributed by atoms with Crippen LogP contribution in [0.25, 0.3) is 11.1 Å². The molecule has 0 unspecified atom stereocenters. The van der Waals surface area contributed by atoms with E-state index in [2.05, 4.69) is 11.1 Å². The summed E-state index contributed by atoms with van der Waals surface area (Å²) in [6.07, 6.45) is 1.44. The standard InChI is InChI=1S/C13H15N3O/c1-13(2,7-14)8-16(3)10-4-5-11-12(6-10)17-9-15-11/h4-6,9H,8H2,1-3H3. The summed E-state index contributed by atoms with van der Waals surface area (Å²) in [7, 11) is 1.97. The van der Waals surface area contributed by atoms with E-state index in [4.69, 9.17) is 9.68 Å². The highest BCUT2D eigenvalue weighted by atomic mass is 16.3. The molecule has 88 valence electrons. The number of hydrogen-bond donors (Lipinski definition) is 0. The summed E-state index contributed by atoms with van der Waals surface area (Å²) in [4.78, 5) is 6.12. The Morgan fingerprint density at radius 3 is 2.94 bits per heavy atom. The van der Waals surface area contributed by atoms with Crippen LogP contribution in [-0.2, 0) is 0 Å². The number of oxazole rings is 1. The van der Waals surface area contributed by atoms with Gasteiger partial charge in [0.1, 0.15) is 5.52 Å². The van der Waals surface area contributed by atoms with E-state index in [0.717, 1.165) is 16.8 Å². The first-order valence-electron chi connectivity index (χ1n) is 5.47. The average molecular weight is 229 g/mol. The number of nitrogens with zero attached hydrogens (tertiary/aromatic N) is 3. The molecule has 0 spiro atoms. The third kappa shape index (κ3) is 2.39. The second-order valence-corrected chi connectivity index (χ2v) is 4.86. The zero-order chi connectivity index (χ0) is 12.5. The lowest BCUT2D eigenvalue weighted by Crippen LogP contribution is -2.30. The van der Waals surface area contributed by atoms with Crippen LogP contribution in [0.15, 0.2) is 29.0 Å². The predicted molar refractivity (Wildman–Crippen MR) is 66.7 cm³/mol. The number of nitriles is 1. The molecule has 4 heteroatoms. The molecule has 0 aliphatic heterocycles. The highest BCUT2D eigenvalue weighted by Crippen LogP contribution is 2.23. The van der Waals surface area contributed by atoms with Crippen molar-refractivity contribution < 1.29 is 4.42 Å². The Kier molecular flexibility index (Phi) is 2.76. The van der Waals surface area contributed by atoms with Gasteiger partial charge in [-0.25, -0.2) is 4.98 Å². The SMILES string of the molecule is CN(CC(C)(C)C#N)c1ccc2ncoc2c1. The zero-order valence-corrected chi connectivity index (χ0v) is 10.3. The van der Waals surface area contributed by atoms with Crippen LogP contribution in [0.2, 0.25) is 0 Å². The van der Waals surface area contributed by atoms with Crippen molar-refractivity contribution in [3.8, 4) is 6.07 Å². The number of fused-ring (bicyclic) bond motifs is 1. The van der Waals surface area contributed by atoms with Gasteiger partial charge in [-0.05, 0) is 26.0 Å². The van der Waals surface area contributed by atoms with Crippen molar-refractivity contribution in [1.29, 1.82) is 5.26 Å². The van der Waals surface area contributed by atoms with Crippen LogP contribution < -0.4 is 4.90 Å². The lowest BCUT2D eigenvalue weighted by atomic mass is 9.95. The number of benzene rings is 1. The number of rotatable bonds is 3. The second-order valence-electron chi connectivity index (χ2n) is 4.86. The van der Waals surface area contributed by atoms with Gasteiger partial charge in [0.2, 0.25) is 0 Å². The van der Waals surface area contributed by atoms with Crippen LogP contribution in [0.1, 0.15) is 13.8 Å². The van der Waals surface area contributed by atoms with E-state index >= 15 is 0 Å². The Labute approximate surface area is 100 Å². The number of hydrogen-bond acceptors (Lipinski definition) is 4. The van der Waals surface area contributed by atoms with Gasteiger partial charge in [-0.2, -0.15) is 5.26 Å². The summed E-state index contributed by atoms with van der Waals surface area (Å²) in [5.41, 5.74) is 2.27. The molecule has 0 atom stereocenters. The highest BCUT2D eigenvalue weighted by Gasteiger charge is 2.19. The Balaban J connectivity index is 2.24. The third-order valence-corrected chi connectivity index (χ3v) is 2.69. The predicted octanol–water partition coefficient (Wildman–Crippen LogP) is 2.81. The van der Waals surface area contributed by atoms with Crippen LogP contribution in [0, 0.1) is 16.7 Å². The van der Waals surface area contributed by atoms with Crippen molar-refractivity contribution in [3.63, 3.8) is 0 Å². The maximum absolute atomic E-state index is 9.02. The summed E-state index contributed by atoms with van der Waals surface area (Å²) in [6, 6.07) is 8.14. The van der Waals surface area contributed by atoms with E-state index in [1.807, 2.05) is 44.0 Å². The Morgan fingerprint density at radius 2 is 2.24 bits per heavy atom. The summed E-state index contributed by atoms with van der Waals surface area (Å²) >= 11 is 0. The van der Waals surface area contributed by atoms with Gasteiger partial charge < -0.3 is 9.32 Å². The summed E-state index contributed by atoms with van der Waals surface area (Å²) in [5, 5.41) is 9.02. The first-order valence-corrected chi connectivity index (χ1v) is 5.47. The molecule has 0 radical (unpaired) electrons. The molecule has 0 bridgehead atoms.